The molecule has 29 heavy (non-hydrogen) atoms. The Morgan fingerprint density at radius 1 is 1.28 bits per heavy atom. The first-order valence-electron chi connectivity index (χ1n) is 9.28. The quantitative estimate of drug-likeness (QED) is 0.562. The third-order valence-corrected chi connectivity index (χ3v) is 6.96. The number of amides is 1. The molecule has 0 saturated heterocycles. The molecule has 6 nitrogen and oxygen atoms in total. The molecule has 1 aliphatic rings. The highest BCUT2D eigenvalue weighted by Crippen LogP contribution is 2.32. The smallest absolute Gasteiger partial charge is 0.233 e. The number of aliphatic carboxylic acids is 1. The average Bonchev–Trinajstić information content (AvgIpc) is 3.13. The van der Waals surface area contributed by atoms with Gasteiger partial charge in [-0.25, -0.2) is 4.98 Å². The number of thiazole rings is 1. The van der Waals surface area contributed by atoms with Crippen molar-refractivity contribution in [3.05, 3.63) is 53.6 Å². The normalized spacial score (nSPS) is 15.9. The maximum Gasteiger partial charge on any atom is 0.233 e. The van der Waals surface area contributed by atoms with E-state index in [0.29, 0.717) is 6.61 Å². The van der Waals surface area contributed by atoms with Crippen molar-refractivity contribution in [2.75, 3.05) is 12.4 Å². The van der Waals surface area contributed by atoms with Gasteiger partial charge in [-0.05, 0) is 42.7 Å². The zero-order chi connectivity index (χ0) is 20.4. The molecule has 1 aliphatic heterocycles. The summed E-state index contributed by atoms with van der Waals surface area (Å²) in [5, 5.41) is 11.6. The number of carbonyl (C=O) groups excluding carboxylic acids is 2. The number of nitrogens with zero attached hydrogens (tertiary/aromatic N) is 2. The van der Waals surface area contributed by atoms with E-state index in [1.165, 1.54) is 28.0 Å². The van der Waals surface area contributed by atoms with E-state index < -0.39 is 12.0 Å². The standard InChI is InChI=1S/C21H20N2O4S2/c1-2-27-15-7-8-16-18(10-15)29-21(22-16)28-12-19(24)23-11-14-6-4-3-5-13(14)9-17(23)20(25)26/h3-8,10,17H,2,9,11-12H2,1H3,(H,25,26)/p-1/t17-/m1/s1. The Hall–Kier alpha value is -2.58. The molecule has 4 rings (SSSR count). The van der Waals surface area contributed by atoms with Crippen LogP contribution in [0.2, 0.25) is 0 Å². The van der Waals surface area contributed by atoms with Crippen molar-refractivity contribution in [2.45, 2.75) is 30.3 Å². The minimum atomic E-state index is -1.22. The van der Waals surface area contributed by atoms with Gasteiger partial charge in [-0.15, -0.1) is 11.3 Å². The van der Waals surface area contributed by atoms with Crippen molar-refractivity contribution in [1.82, 2.24) is 9.88 Å². The largest absolute Gasteiger partial charge is 0.548 e. The van der Waals surface area contributed by atoms with Crippen molar-refractivity contribution < 1.29 is 19.4 Å². The average molecular weight is 428 g/mol. The summed E-state index contributed by atoms with van der Waals surface area (Å²) < 4.78 is 7.27. The van der Waals surface area contributed by atoms with E-state index in [4.69, 9.17) is 4.74 Å². The van der Waals surface area contributed by atoms with E-state index in [1.54, 1.807) is 0 Å². The second kappa shape index (κ2) is 8.42. The molecule has 0 aliphatic carbocycles. The first-order chi connectivity index (χ1) is 14.0. The summed E-state index contributed by atoms with van der Waals surface area (Å²) in [5.41, 5.74) is 2.79. The maximum absolute atomic E-state index is 12.8. The lowest BCUT2D eigenvalue weighted by atomic mass is 9.94. The van der Waals surface area contributed by atoms with Crippen LogP contribution in [0.3, 0.4) is 0 Å². The summed E-state index contributed by atoms with van der Waals surface area (Å²) >= 11 is 2.82. The SMILES string of the molecule is CCOc1ccc2nc(SCC(=O)N3Cc4ccccc4C[C@@H]3C(=O)[O-])sc2c1. The molecule has 1 aromatic heterocycles. The van der Waals surface area contributed by atoms with Gasteiger partial charge in [0, 0.05) is 6.54 Å². The third-order valence-electron chi connectivity index (χ3n) is 4.81. The highest BCUT2D eigenvalue weighted by molar-refractivity contribution is 8.01. The molecule has 3 aromatic rings. The molecular formula is C21H19N2O4S2-. The van der Waals surface area contributed by atoms with Crippen molar-refractivity contribution >= 4 is 45.2 Å². The number of carboxylic acid groups (broad SMARTS) is 1. The molecule has 150 valence electrons. The first kappa shape index (κ1) is 19.7. The Balaban J connectivity index is 1.47. The number of rotatable bonds is 6. The summed E-state index contributed by atoms with van der Waals surface area (Å²) in [7, 11) is 0. The van der Waals surface area contributed by atoms with Crippen LogP contribution in [0.5, 0.6) is 5.75 Å². The minimum Gasteiger partial charge on any atom is -0.548 e. The molecule has 0 N–H and O–H groups in total. The Morgan fingerprint density at radius 3 is 2.83 bits per heavy atom. The van der Waals surface area contributed by atoms with E-state index in [0.717, 1.165) is 31.4 Å². The number of carbonyl (C=O) groups is 2. The molecule has 0 fully saturated rings. The Labute approximate surface area is 176 Å². The van der Waals surface area contributed by atoms with E-state index in [1.807, 2.05) is 49.4 Å². The molecule has 0 radical (unpaired) electrons. The number of aromatic nitrogens is 1. The second-order valence-corrected chi connectivity index (χ2v) is 8.91. The number of hydrogen-bond acceptors (Lipinski definition) is 7. The molecular weight excluding hydrogens is 408 g/mol. The van der Waals surface area contributed by atoms with Crippen molar-refractivity contribution in [3.8, 4) is 5.75 Å². The van der Waals surface area contributed by atoms with Gasteiger partial charge in [0.25, 0.3) is 0 Å². The van der Waals surface area contributed by atoms with Gasteiger partial charge in [0.2, 0.25) is 5.91 Å². The van der Waals surface area contributed by atoms with E-state index in [-0.39, 0.29) is 24.6 Å². The van der Waals surface area contributed by atoms with Gasteiger partial charge in [-0.1, -0.05) is 36.0 Å². The summed E-state index contributed by atoms with van der Waals surface area (Å²) in [6.07, 6.45) is 0.274. The fourth-order valence-corrected chi connectivity index (χ4v) is 5.39. The molecule has 2 heterocycles. The highest BCUT2D eigenvalue weighted by Gasteiger charge is 2.30. The fraction of sp³-hybridized carbons (Fsp3) is 0.286. The van der Waals surface area contributed by atoms with Gasteiger partial charge < -0.3 is 19.5 Å². The van der Waals surface area contributed by atoms with Crippen LogP contribution in [0.4, 0.5) is 0 Å². The highest BCUT2D eigenvalue weighted by atomic mass is 32.2. The van der Waals surface area contributed by atoms with Gasteiger partial charge in [0.05, 0.1) is 34.6 Å². The zero-order valence-electron chi connectivity index (χ0n) is 15.8. The van der Waals surface area contributed by atoms with Crippen LogP contribution < -0.4 is 9.84 Å². The van der Waals surface area contributed by atoms with Crippen LogP contribution in [0.25, 0.3) is 10.2 Å². The second-order valence-electron chi connectivity index (χ2n) is 6.66. The Morgan fingerprint density at radius 2 is 2.07 bits per heavy atom. The topological polar surface area (TPSA) is 82.6 Å². The molecule has 0 spiro atoms. The molecule has 0 unspecified atom stereocenters. The number of fused-ring (bicyclic) bond motifs is 2. The number of ether oxygens (including phenoxy) is 1. The molecule has 1 atom stereocenters. The lowest BCUT2D eigenvalue weighted by molar-refractivity contribution is -0.311. The molecule has 2 aromatic carbocycles. The number of hydrogen-bond donors (Lipinski definition) is 0. The van der Waals surface area contributed by atoms with Crippen LogP contribution in [-0.2, 0) is 22.6 Å². The predicted molar refractivity (Wildman–Crippen MR) is 111 cm³/mol. The van der Waals surface area contributed by atoms with E-state index in [2.05, 4.69) is 4.98 Å². The predicted octanol–water partition coefficient (Wildman–Crippen LogP) is 2.49. The maximum atomic E-state index is 12.8. The summed E-state index contributed by atoms with van der Waals surface area (Å²) in [4.78, 5) is 30.4. The first-order valence-corrected chi connectivity index (χ1v) is 11.1. The van der Waals surface area contributed by atoms with E-state index >= 15 is 0 Å². The molecule has 1 amide bonds. The van der Waals surface area contributed by atoms with Gasteiger partial charge >= 0.3 is 0 Å². The fourth-order valence-electron chi connectivity index (χ4n) is 3.40. The Bertz CT molecular complexity index is 1070. The van der Waals surface area contributed by atoms with Gasteiger partial charge in [0.15, 0.2) is 4.34 Å². The third kappa shape index (κ3) is 4.23. The summed E-state index contributed by atoms with van der Waals surface area (Å²) in [6, 6.07) is 12.4. The number of carboxylic acids is 1. The van der Waals surface area contributed by atoms with Crippen molar-refractivity contribution in [1.29, 1.82) is 0 Å². The van der Waals surface area contributed by atoms with Crippen LogP contribution in [-0.4, -0.2) is 40.2 Å². The van der Waals surface area contributed by atoms with Crippen LogP contribution in [0.1, 0.15) is 18.1 Å². The summed E-state index contributed by atoms with van der Waals surface area (Å²) in [6.45, 7) is 2.81. The van der Waals surface area contributed by atoms with Gasteiger partial charge in [0.1, 0.15) is 5.75 Å². The van der Waals surface area contributed by atoms with E-state index in [9.17, 15) is 14.7 Å². The lowest BCUT2D eigenvalue weighted by Gasteiger charge is -2.37. The number of thioether (sulfide) groups is 1. The van der Waals surface area contributed by atoms with Gasteiger partial charge in [-0.2, -0.15) is 0 Å². The zero-order valence-corrected chi connectivity index (χ0v) is 17.4. The van der Waals surface area contributed by atoms with Gasteiger partial charge in [-0.3, -0.25) is 4.79 Å². The minimum absolute atomic E-state index is 0.129. The number of benzene rings is 2. The Kier molecular flexibility index (Phi) is 5.73. The van der Waals surface area contributed by atoms with Crippen LogP contribution in [0.15, 0.2) is 46.8 Å². The lowest BCUT2D eigenvalue weighted by Crippen LogP contribution is -2.54. The van der Waals surface area contributed by atoms with Crippen molar-refractivity contribution in [2.24, 2.45) is 0 Å². The molecule has 8 heteroatoms. The van der Waals surface area contributed by atoms with Crippen LogP contribution in [0, 0.1) is 0 Å². The molecule has 0 saturated carbocycles. The van der Waals surface area contributed by atoms with Crippen LogP contribution >= 0.6 is 23.1 Å². The monoisotopic (exact) mass is 427 g/mol. The van der Waals surface area contributed by atoms with Crippen molar-refractivity contribution in [3.63, 3.8) is 0 Å². The molecule has 0 bridgehead atoms. The summed E-state index contributed by atoms with van der Waals surface area (Å²) in [5.74, 6) is -0.529.